The summed E-state index contributed by atoms with van der Waals surface area (Å²) in [6.45, 7) is 1.13. The predicted molar refractivity (Wildman–Crippen MR) is 129 cm³/mol. The lowest BCUT2D eigenvalue weighted by Gasteiger charge is -2.26. The van der Waals surface area contributed by atoms with Gasteiger partial charge < -0.3 is 16.2 Å². The summed E-state index contributed by atoms with van der Waals surface area (Å²) in [5, 5.41) is 0.338. The lowest BCUT2D eigenvalue weighted by molar-refractivity contribution is 0.0730. The van der Waals surface area contributed by atoms with Crippen LogP contribution in [0.1, 0.15) is 0 Å². The van der Waals surface area contributed by atoms with Crippen LogP contribution in [0.15, 0.2) is 70.5 Å². The van der Waals surface area contributed by atoms with E-state index >= 15 is 0 Å². The summed E-state index contributed by atoms with van der Waals surface area (Å²) in [6, 6.07) is 15.5. The second-order valence-electron chi connectivity index (χ2n) is 7.80. The van der Waals surface area contributed by atoms with Crippen molar-refractivity contribution in [2.45, 2.75) is 4.90 Å². The molecule has 4 N–H and O–H groups in total. The molecule has 1 fully saturated rings. The van der Waals surface area contributed by atoms with Gasteiger partial charge in [0.25, 0.3) is 5.56 Å². The van der Waals surface area contributed by atoms with E-state index < -0.39 is 10.0 Å². The minimum atomic E-state index is -3.85. The zero-order valence-electron chi connectivity index (χ0n) is 18.1. The maximum Gasteiger partial charge on any atom is 0.267 e. The van der Waals surface area contributed by atoms with Crippen molar-refractivity contribution in [2.75, 3.05) is 37.8 Å². The van der Waals surface area contributed by atoms with Crippen LogP contribution in [0.4, 0.5) is 11.8 Å². The minimum Gasteiger partial charge on any atom is -0.383 e. The number of nitrogens with zero attached hydrogens (tertiary/aromatic N) is 4. The lowest BCUT2D eigenvalue weighted by Crippen LogP contribution is -2.40. The standard InChI is InChI=1S/C23H22N6O4S/c24-21-20(34(31,32)28-8-10-33-11-9-28)13-16(14-26-21)15-6-7-19-18(12-15)22(30)29(23(25)27-19)17-4-2-1-3-5-17/h1-7,12-14H,8-11H2,(H2,24,26)(H2,25,27). The molecule has 0 atom stereocenters. The van der Waals surface area contributed by atoms with E-state index in [2.05, 4.69) is 9.97 Å². The highest BCUT2D eigenvalue weighted by Crippen LogP contribution is 2.29. The van der Waals surface area contributed by atoms with Crippen molar-refractivity contribution in [3.8, 4) is 16.8 Å². The molecule has 10 nitrogen and oxygen atoms in total. The summed E-state index contributed by atoms with van der Waals surface area (Å²) < 4.78 is 34.3. The van der Waals surface area contributed by atoms with Gasteiger partial charge in [-0.05, 0) is 35.9 Å². The van der Waals surface area contributed by atoms with E-state index in [-0.39, 0.29) is 35.3 Å². The van der Waals surface area contributed by atoms with Crippen molar-refractivity contribution in [3.63, 3.8) is 0 Å². The van der Waals surface area contributed by atoms with Gasteiger partial charge in [-0.2, -0.15) is 4.31 Å². The molecule has 1 saturated heterocycles. The summed E-state index contributed by atoms with van der Waals surface area (Å²) in [7, 11) is -3.85. The van der Waals surface area contributed by atoms with E-state index in [1.54, 1.807) is 42.5 Å². The van der Waals surface area contributed by atoms with Crippen molar-refractivity contribution in [1.29, 1.82) is 0 Å². The van der Waals surface area contributed by atoms with E-state index in [0.717, 1.165) is 0 Å². The molecule has 4 aromatic rings. The Morgan fingerprint density at radius 3 is 2.41 bits per heavy atom. The van der Waals surface area contributed by atoms with Gasteiger partial charge in [-0.15, -0.1) is 0 Å². The molecule has 2 aromatic carbocycles. The molecule has 11 heteroatoms. The van der Waals surface area contributed by atoms with Gasteiger partial charge in [0.05, 0.1) is 29.8 Å². The smallest absolute Gasteiger partial charge is 0.267 e. The summed E-state index contributed by atoms with van der Waals surface area (Å²) >= 11 is 0. The van der Waals surface area contributed by atoms with Gasteiger partial charge in [-0.1, -0.05) is 24.3 Å². The molecule has 1 aliphatic rings. The highest BCUT2D eigenvalue weighted by atomic mass is 32.2. The van der Waals surface area contributed by atoms with Gasteiger partial charge in [0, 0.05) is 24.8 Å². The SMILES string of the molecule is Nc1ncc(-c2ccc3nc(N)n(-c4ccccc4)c(=O)c3c2)cc1S(=O)(=O)N1CCOCC1. The largest absolute Gasteiger partial charge is 0.383 e. The number of nitrogen functional groups attached to an aromatic ring is 2. The first-order chi connectivity index (χ1) is 16.4. The third kappa shape index (κ3) is 3.79. The normalized spacial score (nSPS) is 14.9. The molecular formula is C23H22N6O4S. The number of anilines is 2. The van der Waals surface area contributed by atoms with E-state index in [1.165, 1.54) is 21.1 Å². The molecule has 0 saturated carbocycles. The molecular weight excluding hydrogens is 456 g/mol. The van der Waals surface area contributed by atoms with Crippen LogP contribution in [0.25, 0.3) is 27.7 Å². The van der Waals surface area contributed by atoms with Crippen LogP contribution < -0.4 is 17.0 Å². The molecule has 0 amide bonds. The first kappa shape index (κ1) is 22.0. The average molecular weight is 479 g/mol. The number of benzene rings is 2. The molecule has 1 aliphatic heterocycles. The summed E-state index contributed by atoms with van der Waals surface area (Å²) in [5.41, 5.74) is 13.8. The highest BCUT2D eigenvalue weighted by Gasteiger charge is 2.29. The molecule has 0 radical (unpaired) electrons. The van der Waals surface area contributed by atoms with E-state index in [1.807, 2.05) is 6.07 Å². The number of hydrogen-bond donors (Lipinski definition) is 2. The number of para-hydroxylation sites is 1. The molecule has 5 rings (SSSR count). The number of nitrogens with two attached hydrogens (primary N) is 2. The number of pyridine rings is 1. The Morgan fingerprint density at radius 2 is 1.68 bits per heavy atom. The van der Waals surface area contributed by atoms with Gasteiger partial charge in [-0.3, -0.25) is 4.79 Å². The Labute approximate surface area is 195 Å². The fourth-order valence-corrected chi connectivity index (χ4v) is 5.46. The molecule has 0 bridgehead atoms. The minimum absolute atomic E-state index is 0.0736. The van der Waals surface area contributed by atoms with Crippen LogP contribution in [0.2, 0.25) is 0 Å². The molecule has 174 valence electrons. The fourth-order valence-electron chi connectivity index (χ4n) is 3.95. The van der Waals surface area contributed by atoms with Crippen LogP contribution in [0.5, 0.6) is 0 Å². The number of hydrogen-bond acceptors (Lipinski definition) is 8. The van der Waals surface area contributed by atoms with Gasteiger partial charge in [0.1, 0.15) is 10.7 Å². The van der Waals surface area contributed by atoms with Crippen molar-refractivity contribution >= 4 is 32.7 Å². The number of sulfonamides is 1. The predicted octanol–water partition coefficient (Wildman–Crippen LogP) is 1.63. The van der Waals surface area contributed by atoms with Crippen LogP contribution in [-0.4, -0.2) is 53.6 Å². The second kappa shape index (κ2) is 8.52. The second-order valence-corrected chi connectivity index (χ2v) is 9.71. The van der Waals surface area contributed by atoms with Gasteiger partial charge >= 0.3 is 0 Å². The maximum absolute atomic E-state index is 13.3. The Balaban J connectivity index is 1.63. The van der Waals surface area contributed by atoms with Crippen LogP contribution in [0.3, 0.4) is 0 Å². The topological polar surface area (TPSA) is 146 Å². The Kier molecular flexibility index (Phi) is 5.52. The van der Waals surface area contributed by atoms with Crippen LogP contribution in [-0.2, 0) is 14.8 Å². The summed E-state index contributed by atoms with van der Waals surface area (Å²) in [6.07, 6.45) is 1.48. The lowest BCUT2D eigenvalue weighted by atomic mass is 10.1. The quantitative estimate of drug-likeness (QED) is 0.450. The average Bonchev–Trinajstić information content (AvgIpc) is 2.85. The number of rotatable bonds is 4. The molecule has 34 heavy (non-hydrogen) atoms. The number of aromatic nitrogens is 3. The number of ether oxygens (including phenoxy) is 1. The fraction of sp³-hybridized carbons (Fsp3) is 0.174. The first-order valence-electron chi connectivity index (χ1n) is 10.6. The Hall–Kier alpha value is -3.80. The number of morpholine rings is 1. The van der Waals surface area contributed by atoms with Crippen molar-refractivity contribution < 1.29 is 13.2 Å². The molecule has 2 aromatic heterocycles. The molecule has 0 unspecified atom stereocenters. The first-order valence-corrected chi connectivity index (χ1v) is 12.0. The summed E-state index contributed by atoms with van der Waals surface area (Å²) in [5.74, 6) is -0.0126. The van der Waals surface area contributed by atoms with E-state index in [0.29, 0.717) is 40.9 Å². The van der Waals surface area contributed by atoms with Crippen molar-refractivity contribution in [2.24, 2.45) is 0 Å². The van der Waals surface area contributed by atoms with Crippen molar-refractivity contribution in [1.82, 2.24) is 18.8 Å². The van der Waals surface area contributed by atoms with Gasteiger partial charge in [-0.25, -0.2) is 23.0 Å². The molecule has 3 heterocycles. The van der Waals surface area contributed by atoms with Crippen LogP contribution >= 0.6 is 0 Å². The van der Waals surface area contributed by atoms with Crippen molar-refractivity contribution in [3.05, 3.63) is 71.1 Å². The maximum atomic E-state index is 13.3. The van der Waals surface area contributed by atoms with Gasteiger partial charge in [0.15, 0.2) is 0 Å². The third-order valence-electron chi connectivity index (χ3n) is 5.71. The third-order valence-corrected chi connectivity index (χ3v) is 7.64. The monoisotopic (exact) mass is 478 g/mol. The zero-order chi connectivity index (χ0) is 23.9. The van der Waals surface area contributed by atoms with E-state index in [9.17, 15) is 13.2 Å². The van der Waals surface area contributed by atoms with Crippen LogP contribution in [0, 0.1) is 0 Å². The Morgan fingerprint density at radius 1 is 0.941 bits per heavy atom. The van der Waals surface area contributed by atoms with Gasteiger partial charge in [0.2, 0.25) is 16.0 Å². The Bertz CT molecular complexity index is 1550. The molecule has 0 spiro atoms. The zero-order valence-corrected chi connectivity index (χ0v) is 18.9. The highest BCUT2D eigenvalue weighted by molar-refractivity contribution is 7.89. The van der Waals surface area contributed by atoms with E-state index in [4.69, 9.17) is 16.2 Å². The number of fused-ring (bicyclic) bond motifs is 1. The molecule has 0 aliphatic carbocycles. The summed E-state index contributed by atoms with van der Waals surface area (Å²) in [4.78, 5) is 21.7.